The molecule has 4 rings (SSSR count). The standard InChI is InChI=1S/C24H36N4O2/c1-30-16-8-14-25-23(29)20-11-7-15-27(18-20)24-26-21-12-5-6-13-22(21)28(24)17-19-9-3-2-4-10-19/h5-6,12-13,19-20H,2-4,7-11,14-18H2,1H3,(H,25,29)/t20-/m0/s1. The monoisotopic (exact) mass is 412 g/mol. The summed E-state index contributed by atoms with van der Waals surface area (Å²) in [5, 5.41) is 3.09. The number of benzene rings is 1. The summed E-state index contributed by atoms with van der Waals surface area (Å²) in [5.74, 6) is 1.99. The van der Waals surface area contributed by atoms with Crippen LogP contribution in [0.25, 0.3) is 11.0 Å². The third-order valence-corrected chi connectivity index (χ3v) is 6.70. The van der Waals surface area contributed by atoms with Crippen molar-refractivity contribution in [3.63, 3.8) is 0 Å². The average molecular weight is 413 g/mol. The van der Waals surface area contributed by atoms with E-state index >= 15 is 0 Å². The molecule has 164 valence electrons. The van der Waals surface area contributed by atoms with Gasteiger partial charge in [0.15, 0.2) is 0 Å². The minimum atomic E-state index is 0.0317. The van der Waals surface area contributed by atoms with Crippen molar-refractivity contribution in [3.8, 4) is 0 Å². The van der Waals surface area contributed by atoms with Crippen molar-refractivity contribution < 1.29 is 9.53 Å². The van der Waals surface area contributed by atoms with Gasteiger partial charge in [-0.1, -0.05) is 31.4 Å². The normalized spacial score (nSPS) is 20.6. The van der Waals surface area contributed by atoms with Gasteiger partial charge in [-0.15, -0.1) is 0 Å². The van der Waals surface area contributed by atoms with Gasteiger partial charge >= 0.3 is 0 Å². The van der Waals surface area contributed by atoms with Crippen LogP contribution in [0.5, 0.6) is 0 Å². The average Bonchev–Trinajstić information content (AvgIpc) is 3.16. The summed E-state index contributed by atoms with van der Waals surface area (Å²) in [6.07, 6.45) is 9.55. The minimum Gasteiger partial charge on any atom is -0.385 e. The van der Waals surface area contributed by atoms with Gasteiger partial charge in [0.2, 0.25) is 11.9 Å². The lowest BCUT2D eigenvalue weighted by Gasteiger charge is -2.34. The van der Waals surface area contributed by atoms with Gasteiger partial charge in [-0.25, -0.2) is 4.98 Å². The van der Waals surface area contributed by atoms with Crippen molar-refractivity contribution in [1.82, 2.24) is 14.9 Å². The topological polar surface area (TPSA) is 59.4 Å². The first-order chi connectivity index (χ1) is 14.8. The molecule has 1 atom stereocenters. The first-order valence-electron chi connectivity index (χ1n) is 11.7. The van der Waals surface area contributed by atoms with E-state index in [-0.39, 0.29) is 11.8 Å². The highest BCUT2D eigenvalue weighted by molar-refractivity contribution is 5.81. The zero-order valence-corrected chi connectivity index (χ0v) is 18.3. The van der Waals surface area contributed by atoms with Gasteiger partial charge in [-0.2, -0.15) is 0 Å². The van der Waals surface area contributed by atoms with Crippen molar-refractivity contribution in [3.05, 3.63) is 24.3 Å². The third kappa shape index (κ3) is 4.97. The fourth-order valence-electron chi connectivity index (χ4n) is 5.06. The van der Waals surface area contributed by atoms with Crippen LogP contribution in [0.4, 0.5) is 5.95 Å². The molecule has 2 aromatic rings. The number of amides is 1. The fourth-order valence-corrected chi connectivity index (χ4v) is 5.06. The molecule has 2 aliphatic rings. The quantitative estimate of drug-likeness (QED) is 0.666. The molecule has 2 fully saturated rings. The largest absolute Gasteiger partial charge is 0.385 e. The van der Waals surface area contributed by atoms with E-state index in [0.717, 1.165) is 56.3 Å². The number of aromatic nitrogens is 2. The lowest BCUT2D eigenvalue weighted by molar-refractivity contribution is -0.125. The molecule has 1 aliphatic carbocycles. The Labute approximate surface area is 180 Å². The van der Waals surface area contributed by atoms with E-state index in [1.54, 1.807) is 7.11 Å². The predicted octanol–water partition coefficient (Wildman–Crippen LogP) is 3.99. The van der Waals surface area contributed by atoms with Crippen LogP contribution in [0.1, 0.15) is 51.4 Å². The van der Waals surface area contributed by atoms with Gasteiger partial charge in [0.1, 0.15) is 0 Å². The molecule has 1 saturated carbocycles. The molecule has 1 saturated heterocycles. The SMILES string of the molecule is COCCCNC(=O)[C@H]1CCCN(c2nc3ccccc3n2CC2CCCCC2)C1. The summed E-state index contributed by atoms with van der Waals surface area (Å²) in [6, 6.07) is 8.48. The number of rotatable bonds is 8. The number of nitrogens with zero attached hydrogens (tertiary/aromatic N) is 3. The molecule has 1 aliphatic heterocycles. The Hall–Kier alpha value is -2.08. The van der Waals surface area contributed by atoms with Gasteiger partial charge in [-0.05, 0) is 50.2 Å². The van der Waals surface area contributed by atoms with Crippen molar-refractivity contribution in [2.45, 2.75) is 57.9 Å². The van der Waals surface area contributed by atoms with E-state index in [0.29, 0.717) is 13.2 Å². The molecular formula is C24H36N4O2. The summed E-state index contributed by atoms with van der Waals surface area (Å²) in [5.41, 5.74) is 2.29. The number of anilines is 1. The summed E-state index contributed by atoms with van der Waals surface area (Å²) >= 11 is 0. The number of imidazole rings is 1. The summed E-state index contributed by atoms with van der Waals surface area (Å²) in [4.78, 5) is 20.1. The maximum Gasteiger partial charge on any atom is 0.224 e. The lowest BCUT2D eigenvalue weighted by Crippen LogP contribution is -2.44. The van der Waals surface area contributed by atoms with Gasteiger partial charge in [-0.3, -0.25) is 4.79 Å². The van der Waals surface area contributed by atoms with E-state index < -0.39 is 0 Å². The van der Waals surface area contributed by atoms with Crippen LogP contribution in [0.2, 0.25) is 0 Å². The maximum atomic E-state index is 12.7. The number of carbonyl (C=O) groups is 1. The molecule has 1 aromatic heterocycles. The van der Waals surface area contributed by atoms with Crippen LogP contribution >= 0.6 is 0 Å². The Morgan fingerprint density at radius 1 is 1.17 bits per heavy atom. The van der Waals surface area contributed by atoms with Crippen LogP contribution in [0.15, 0.2) is 24.3 Å². The van der Waals surface area contributed by atoms with Gasteiger partial charge < -0.3 is 19.5 Å². The number of nitrogens with one attached hydrogen (secondary N) is 1. The number of fused-ring (bicyclic) bond motifs is 1. The molecule has 0 unspecified atom stereocenters. The van der Waals surface area contributed by atoms with Crippen molar-refractivity contribution in [2.75, 3.05) is 38.3 Å². The number of ether oxygens (including phenoxy) is 1. The first-order valence-corrected chi connectivity index (χ1v) is 11.7. The number of methoxy groups -OCH3 is 1. The van der Waals surface area contributed by atoms with E-state index in [1.165, 1.54) is 37.6 Å². The van der Waals surface area contributed by atoms with Crippen LogP contribution in [-0.4, -0.2) is 48.8 Å². The van der Waals surface area contributed by atoms with Crippen molar-refractivity contribution in [2.24, 2.45) is 11.8 Å². The summed E-state index contributed by atoms with van der Waals surface area (Å²) in [6.45, 7) is 4.14. The van der Waals surface area contributed by atoms with E-state index in [2.05, 4.69) is 39.0 Å². The highest BCUT2D eigenvalue weighted by Gasteiger charge is 2.29. The van der Waals surface area contributed by atoms with Crippen LogP contribution in [0.3, 0.4) is 0 Å². The molecule has 1 aromatic carbocycles. The second-order valence-corrected chi connectivity index (χ2v) is 8.94. The van der Waals surface area contributed by atoms with Gasteiger partial charge in [0.25, 0.3) is 0 Å². The Morgan fingerprint density at radius 3 is 2.83 bits per heavy atom. The molecule has 1 N–H and O–H groups in total. The Morgan fingerprint density at radius 2 is 2.00 bits per heavy atom. The predicted molar refractivity (Wildman–Crippen MR) is 121 cm³/mol. The van der Waals surface area contributed by atoms with E-state index in [9.17, 15) is 4.79 Å². The Balaban J connectivity index is 1.50. The highest BCUT2D eigenvalue weighted by atomic mass is 16.5. The van der Waals surface area contributed by atoms with Crippen LogP contribution < -0.4 is 10.2 Å². The molecule has 2 heterocycles. The number of carbonyl (C=O) groups excluding carboxylic acids is 1. The maximum absolute atomic E-state index is 12.7. The molecule has 6 heteroatoms. The van der Waals surface area contributed by atoms with E-state index in [4.69, 9.17) is 9.72 Å². The van der Waals surface area contributed by atoms with Gasteiger partial charge in [0, 0.05) is 39.9 Å². The summed E-state index contributed by atoms with van der Waals surface area (Å²) < 4.78 is 7.51. The van der Waals surface area contributed by atoms with Crippen molar-refractivity contribution >= 4 is 22.9 Å². The third-order valence-electron chi connectivity index (χ3n) is 6.70. The Kier molecular flexibility index (Phi) is 7.26. The molecule has 30 heavy (non-hydrogen) atoms. The number of hydrogen-bond donors (Lipinski definition) is 1. The first kappa shape index (κ1) is 21.2. The molecule has 1 amide bonds. The molecular weight excluding hydrogens is 376 g/mol. The minimum absolute atomic E-state index is 0.0317. The molecule has 0 spiro atoms. The smallest absolute Gasteiger partial charge is 0.224 e. The number of hydrogen-bond acceptors (Lipinski definition) is 4. The highest BCUT2D eigenvalue weighted by Crippen LogP contribution is 2.31. The number of para-hydroxylation sites is 2. The lowest BCUT2D eigenvalue weighted by atomic mass is 9.89. The van der Waals surface area contributed by atoms with Crippen LogP contribution in [-0.2, 0) is 16.1 Å². The van der Waals surface area contributed by atoms with Gasteiger partial charge in [0.05, 0.1) is 17.0 Å². The second-order valence-electron chi connectivity index (χ2n) is 8.94. The summed E-state index contributed by atoms with van der Waals surface area (Å²) in [7, 11) is 1.69. The second kappa shape index (κ2) is 10.3. The molecule has 6 nitrogen and oxygen atoms in total. The zero-order chi connectivity index (χ0) is 20.8. The molecule has 0 bridgehead atoms. The fraction of sp³-hybridized carbons (Fsp3) is 0.667. The van der Waals surface area contributed by atoms with Crippen molar-refractivity contribution in [1.29, 1.82) is 0 Å². The Bertz CT molecular complexity index is 828. The van der Waals surface area contributed by atoms with E-state index in [1.807, 2.05) is 0 Å². The van der Waals surface area contributed by atoms with Crippen LogP contribution in [0, 0.1) is 11.8 Å². The zero-order valence-electron chi connectivity index (χ0n) is 18.3. The number of piperidine rings is 1. The molecule has 0 radical (unpaired) electrons.